The second-order valence-corrected chi connectivity index (χ2v) is 6.74. The molecule has 1 rings (SSSR count). The number of aliphatic hydroxyl groups is 2. The molecule has 0 amide bonds. The van der Waals surface area contributed by atoms with Gasteiger partial charge in [0.1, 0.15) is 0 Å². The Bertz CT molecular complexity index is 265. The highest BCUT2D eigenvalue weighted by atomic mass is 16.5. The normalized spacial score (nSPS) is 27.3. The van der Waals surface area contributed by atoms with E-state index in [9.17, 15) is 10.2 Å². The maximum Gasteiger partial charge on any atom is 0.0897 e. The van der Waals surface area contributed by atoms with Crippen molar-refractivity contribution in [1.29, 1.82) is 0 Å². The van der Waals surface area contributed by atoms with Crippen molar-refractivity contribution in [3.63, 3.8) is 0 Å². The Morgan fingerprint density at radius 2 is 1.95 bits per heavy atom. The lowest BCUT2D eigenvalue weighted by Crippen LogP contribution is -2.42. The fourth-order valence-electron chi connectivity index (χ4n) is 2.62. The molecule has 3 N–H and O–H groups in total. The molecule has 2 unspecified atom stereocenters. The zero-order valence-corrected chi connectivity index (χ0v) is 13.8. The van der Waals surface area contributed by atoms with Crippen molar-refractivity contribution < 1.29 is 19.7 Å². The minimum Gasteiger partial charge on any atom is -0.389 e. The van der Waals surface area contributed by atoms with Gasteiger partial charge in [0.25, 0.3) is 0 Å². The maximum atomic E-state index is 10.1. The number of nitrogens with one attached hydrogen (secondary N) is 1. The van der Waals surface area contributed by atoms with E-state index in [-0.39, 0.29) is 0 Å². The highest BCUT2D eigenvalue weighted by Crippen LogP contribution is 2.25. The van der Waals surface area contributed by atoms with Gasteiger partial charge in [0.2, 0.25) is 0 Å². The van der Waals surface area contributed by atoms with Gasteiger partial charge in [-0.3, -0.25) is 0 Å². The van der Waals surface area contributed by atoms with Crippen LogP contribution in [0.5, 0.6) is 0 Å². The molecule has 0 aromatic heterocycles. The Morgan fingerprint density at radius 1 is 1.29 bits per heavy atom. The molecule has 0 heterocycles. The van der Waals surface area contributed by atoms with Gasteiger partial charge in [-0.25, -0.2) is 0 Å². The Labute approximate surface area is 129 Å². The summed E-state index contributed by atoms with van der Waals surface area (Å²) >= 11 is 0. The summed E-state index contributed by atoms with van der Waals surface area (Å²) in [5, 5.41) is 23.1. The first-order chi connectivity index (χ1) is 9.93. The zero-order valence-electron chi connectivity index (χ0n) is 13.8. The van der Waals surface area contributed by atoms with Crippen LogP contribution in [0.4, 0.5) is 0 Å². The van der Waals surface area contributed by atoms with Crippen LogP contribution in [0.3, 0.4) is 0 Å². The van der Waals surface area contributed by atoms with Crippen molar-refractivity contribution in [1.82, 2.24) is 5.32 Å². The molecule has 0 bridgehead atoms. The van der Waals surface area contributed by atoms with Crippen LogP contribution in [0, 0.1) is 5.92 Å². The third-order valence-corrected chi connectivity index (χ3v) is 4.22. The minimum atomic E-state index is -0.809. The van der Waals surface area contributed by atoms with E-state index in [4.69, 9.17) is 9.47 Å². The lowest BCUT2D eigenvalue weighted by atomic mass is 9.89. The summed E-state index contributed by atoms with van der Waals surface area (Å²) in [5.41, 5.74) is -0.809. The topological polar surface area (TPSA) is 71.0 Å². The molecule has 5 heteroatoms. The molecule has 5 nitrogen and oxygen atoms in total. The summed E-state index contributed by atoms with van der Waals surface area (Å²) in [5.74, 6) is 0.811. The van der Waals surface area contributed by atoms with Gasteiger partial charge < -0.3 is 25.0 Å². The molecule has 0 spiro atoms. The van der Waals surface area contributed by atoms with Crippen LogP contribution in [0.2, 0.25) is 0 Å². The SMILES string of the molecule is COCCC(C)(O)CNCC(O)COC1CCC(C)CC1. The summed E-state index contributed by atoms with van der Waals surface area (Å²) in [7, 11) is 1.62. The number of methoxy groups -OCH3 is 1. The highest BCUT2D eigenvalue weighted by molar-refractivity contribution is 4.76. The first kappa shape index (κ1) is 18.8. The van der Waals surface area contributed by atoms with Crippen LogP contribution < -0.4 is 5.32 Å². The van der Waals surface area contributed by atoms with E-state index in [0.29, 0.717) is 38.8 Å². The summed E-state index contributed by atoms with van der Waals surface area (Å²) < 4.78 is 10.7. The molecule has 0 radical (unpaired) electrons. The number of hydrogen-bond donors (Lipinski definition) is 3. The number of ether oxygens (including phenoxy) is 2. The van der Waals surface area contributed by atoms with Gasteiger partial charge in [-0.2, -0.15) is 0 Å². The second-order valence-electron chi connectivity index (χ2n) is 6.74. The fourth-order valence-corrected chi connectivity index (χ4v) is 2.62. The van der Waals surface area contributed by atoms with E-state index in [1.165, 1.54) is 12.8 Å². The van der Waals surface area contributed by atoms with Crippen molar-refractivity contribution in [2.45, 2.75) is 63.8 Å². The van der Waals surface area contributed by atoms with Gasteiger partial charge >= 0.3 is 0 Å². The lowest BCUT2D eigenvalue weighted by Gasteiger charge is -2.27. The smallest absolute Gasteiger partial charge is 0.0897 e. The number of rotatable bonds is 10. The Hall–Kier alpha value is -0.200. The summed E-state index contributed by atoms with van der Waals surface area (Å²) in [6.07, 6.45) is 5.01. The third kappa shape index (κ3) is 8.73. The molecule has 2 atom stereocenters. The van der Waals surface area contributed by atoms with Crippen molar-refractivity contribution in [3.05, 3.63) is 0 Å². The lowest BCUT2D eigenvalue weighted by molar-refractivity contribution is -0.0304. The van der Waals surface area contributed by atoms with E-state index >= 15 is 0 Å². The van der Waals surface area contributed by atoms with Crippen LogP contribution in [0.15, 0.2) is 0 Å². The third-order valence-electron chi connectivity index (χ3n) is 4.22. The van der Waals surface area contributed by atoms with Gasteiger partial charge in [-0.15, -0.1) is 0 Å². The van der Waals surface area contributed by atoms with E-state index in [2.05, 4.69) is 12.2 Å². The molecule has 126 valence electrons. The van der Waals surface area contributed by atoms with Crippen LogP contribution in [-0.2, 0) is 9.47 Å². The molecule has 0 saturated heterocycles. The molecule has 0 aromatic carbocycles. The van der Waals surface area contributed by atoms with Crippen LogP contribution in [-0.4, -0.2) is 61.4 Å². The average Bonchev–Trinajstić information content (AvgIpc) is 2.44. The quantitative estimate of drug-likeness (QED) is 0.568. The summed E-state index contributed by atoms with van der Waals surface area (Å²) in [6, 6.07) is 0. The number of aliphatic hydroxyl groups excluding tert-OH is 1. The molecule has 1 aliphatic carbocycles. The monoisotopic (exact) mass is 303 g/mol. The zero-order chi connectivity index (χ0) is 15.7. The van der Waals surface area contributed by atoms with E-state index in [1.54, 1.807) is 14.0 Å². The summed E-state index contributed by atoms with van der Waals surface area (Å²) in [6.45, 7) is 5.82. The fraction of sp³-hybridized carbons (Fsp3) is 1.00. The van der Waals surface area contributed by atoms with E-state index in [1.807, 2.05) is 0 Å². The van der Waals surface area contributed by atoms with Gasteiger partial charge in [0, 0.05) is 33.2 Å². The van der Waals surface area contributed by atoms with Gasteiger partial charge in [0.05, 0.1) is 24.4 Å². The van der Waals surface area contributed by atoms with Crippen LogP contribution in [0.1, 0.15) is 46.0 Å². The van der Waals surface area contributed by atoms with Crippen molar-refractivity contribution in [2.24, 2.45) is 5.92 Å². The van der Waals surface area contributed by atoms with Gasteiger partial charge in [-0.1, -0.05) is 6.92 Å². The van der Waals surface area contributed by atoms with Crippen molar-refractivity contribution in [3.8, 4) is 0 Å². The summed E-state index contributed by atoms with van der Waals surface area (Å²) in [4.78, 5) is 0. The molecule has 1 saturated carbocycles. The van der Waals surface area contributed by atoms with Crippen LogP contribution >= 0.6 is 0 Å². The minimum absolute atomic E-state index is 0.306. The van der Waals surface area contributed by atoms with Gasteiger partial charge in [0.15, 0.2) is 0 Å². The van der Waals surface area contributed by atoms with Crippen molar-refractivity contribution >= 4 is 0 Å². The molecule has 0 aromatic rings. The Kier molecular flexibility index (Phi) is 8.74. The molecule has 21 heavy (non-hydrogen) atoms. The van der Waals surface area contributed by atoms with Crippen molar-refractivity contribution in [2.75, 3.05) is 33.4 Å². The predicted octanol–water partition coefficient (Wildman–Crippen LogP) is 1.32. The standard InChI is InChI=1S/C16H33NO4/c1-13-4-6-15(7-5-13)21-11-14(18)10-17-12-16(2,19)8-9-20-3/h13-15,17-19H,4-12H2,1-3H3. The first-order valence-corrected chi connectivity index (χ1v) is 8.14. The molecule has 1 fully saturated rings. The average molecular weight is 303 g/mol. The Morgan fingerprint density at radius 3 is 2.57 bits per heavy atom. The molecule has 1 aliphatic rings. The largest absolute Gasteiger partial charge is 0.389 e. The van der Waals surface area contributed by atoms with Gasteiger partial charge in [-0.05, 0) is 38.5 Å². The van der Waals surface area contributed by atoms with E-state index in [0.717, 1.165) is 18.8 Å². The second kappa shape index (κ2) is 9.74. The number of hydrogen-bond acceptors (Lipinski definition) is 5. The highest BCUT2D eigenvalue weighted by Gasteiger charge is 2.21. The first-order valence-electron chi connectivity index (χ1n) is 8.14. The predicted molar refractivity (Wildman–Crippen MR) is 83.4 cm³/mol. The Balaban J connectivity index is 2.07. The van der Waals surface area contributed by atoms with Crippen LogP contribution in [0.25, 0.3) is 0 Å². The van der Waals surface area contributed by atoms with E-state index < -0.39 is 11.7 Å². The molecule has 0 aliphatic heterocycles. The maximum absolute atomic E-state index is 10.1. The molecular weight excluding hydrogens is 270 g/mol. The molecular formula is C16H33NO4.